The predicted octanol–water partition coefficient (Wildman–Crippen LogP) is 3.31. The molecular formula is C17H18BrF2N3O. The van der Waals surface area contributed by atoms with Crippen LogP contribution in [-0.4, -0.2) is 42.9 Å². The molecule has 1 aliphatic heterocycles. The Morgan fingerprint density at radius 1 is 1.08 bits per heavy atom. The highest BCUT2D eigenvalue weighted by Crippen LogP contribution is 2.24. The minimum Gasteiger partial charge on any atom is -0.384 e. The number of aliphatic hydroxyl groups is 1. The number of benzene rings is 1. The molecule has 4 nitrogen and oxygen atoms in total. The van der Waals surface area contributed by atoms with Crippen molar-refractivity contribution in [1.82, 2.24) is 4.98 Å². The number of alkyl halides is 1. The van der Waals surface area contributed by atoms with Crippen LogP contribution in [0.15, 0.2) is 41.0 Å². The van der Waals surface area contributed by atoms with Gasteiger partial charge in [-0.05, 0) is 24.3 Å². The average molecular weight is 398 g/mol. The number of aliphatic hydroxyl groups excluding tert-OH is 1. The zero-order valence-electron chi connectivity index (χ0n) is 13.0. The molecule has 2 heterocycles. The summed E-state index contributed by atoms with van der Waals surface area (Å²) in [6, 6.07) is 9.46. The second-order valence-electron chi connectivity index (χ2n) is 5.68. The third-order valence-electron chi connectivity index (χ3n) is 4.15. The first-order chi connectivity index (χ1) is 11.6. The Hall–Kier alpha value is -1.73. The van der Waals surface area contributed by atoms with Crippen LogP contribution < -0.4 is 9.80 Å². The van der Waals surface area contributed by atoms with E-state index in [0.717, 1.165) is 36.3 Å². The average Bonchev–Trinajstić information content (AvgIpc) is 2.62. The van der Waals surface area contributed by atoms with Gasteiger partial charge in [0, 0.05) is 42.4 Å². The van der Waals surface area contributed by atoms with Gasteiger partial charge in [-0.25, -0.2) is 8.78 Å². The molecule has 0 aliphatic carbocycles. The zero-order valence-corrected chi connectivity index (χ0v) is 14.6. The van der Waals surface area contributed by atoms with Gasteiger partial charge in [-0.15, -0.1) is 0 Å². The molecule has 0 saturated carbocycles. The van der Waals surface area contributed by atoms with E-state index in [1.54, 1.807) is 0 Å². The number of nitrogens with zero attached hydrogens (tertiary/aromatic N) is 3. The predicted molar refractivity (Wildman–Crippen MR) is 93.7 cm³/mol. The van der Waals surface area contributed by atoms with Crippen molar-refractivity contribution < 1.29 is 13.9 Å². The molecule has 1 aromatic carbocycles. The summed E-state index contributed by atoms with van der Waals surface area (Å²) in [5, 5.41) is 9.39. The third kappa shape index (κ3) is 3.67. The van der Waals surface area contributed by atoms with E-state index in [-0.39, 0.29) is 5.69 Å². The van der Waals surface area contributed by atoms with E-state index in [2.05, 4.69) is 37.9 Å². The number of aromatic nitrogens is 1. The van der Waals surface area contributed by atoms with E-state index in [0.29, 0.717) is 5.69 Å². The van der Waals surface area contributed by atoms with E-state index in [1.165, 1.54) is 12.3 Å². The number of pyridine rings is 1. The third-order valence-corrected chi connectivity index (χ3v) is 4.68. The molecule has 1 unspecified atom stereocenters. The number of rotatable bonds is 4. The van der Waals surface area contributed by atoms with Gasteiger partial charge in [-0.1, -0.05) is 15.9 Å². The molecule has 1 N–H and O–H groups in total. The monoisotopic (exact) mass is 397 g/mol. The smallest absolute Gasteiger partial charge is 0.149 e. The molecule has 3 rings (SSSR count). The maximum Gasteiger partial charge on any atom is 0.149 e. The van der Waals surface area contributed by atoms with Gasteiger partial charge < -0.3 is 14.9 Å². The van der Waals surface area contributed by atoms with E-state index in [9.17, 15) is 13.9 Å². The molecular weight excluding hydrogens is 380 g/mol. The second kappa shape index (κ2) is 7.44. The highest BCUT2D eigenvalue weighted by atomic mass is 79.9. The van der Waals surface area contributed by atoms with Crippen LogP contribution in [0.2, 0.25) is 0 Å². The number of halogens is 3. The highest BCUT2D eigenvalue weighted by Gasteiger charge is 2.20. The maximum absolute atomic E-state index is 14.0. The van der Waals surface area contributed by atoms with Crippen LogP contribution >= 0.6 is 15.9 Å². The van der Waals surface area contributed by atoms with Gasteiger partial charge in [0.05, 0.1) is 11.9 Å². The van der Waals surface area contributed by atoms with Crippen molar-refractivity contribution in [3.05, 3.63) is 52.5 Å². The maximum atomic E-state index is 14.0. The highest BCUT2D eigenvalue weighted by molar-refractivity contribution is 9.10. The van der Waals surface area contributed by atoms with E-state index >= 15 is 0 Å². The van der Waals surface area contributed by atoms with Gasteiger partial charge >= 0.3 is 0 Å². The Kier molecular flexibility index (Phi) is 5.30. The molecule has 1 aliphatic rings. The molecule has 1 saturated heterocycles. The van der Waals surface area contributed by atoms with Gasteiger partial charge in [-0.2, -0.15) is 0 Å². The topological polar surface area (TPSA) is 39.6 Å². The molecule has 128 valence electrons. The molecule has 2 aromatic rings. The van der Waals surface area contributed by atoms with Crippen LogP contribution in [0.1, 0.15) is 11.8 Å². The first-order valence-electron chi connectivity index (χ1n) is 7.73. The Bertz CT molecular complexity index is 691. The minimum absolute atomic E-state index is 0.241. The van der Waals surface area contributed by atoms with Crippen molar-refractivity contribution in [3.63, 3.8) is 0 Å². The lowest BCUT2D eigenvalue weighted by Crippen LogP contribution is -2.46. The van der Waals surface area contributed by atoms with Crippen molar-refractivity contribution in [2.75, 3.05) is 42.7 Å². The van der Waals surface area contributed by atoms with Crippen LogP contribution in [0, 0.1) is 5.82 Å². The van der Waals surface area contributed by atoms with Crippen LogP contribution in [0.25, 0.3) is 0 Å². The lowest BCUT2D eigenvalue weighted by Gasteiger charge is -2.37. The standard InChI is InChI=1S/C17H18BrF2N3O/c18-12-1-3-13(4-2-12)22-5-7-23(8-6-22)14-9-15(20)17(21-11-14)16(24)10-19/h1-4,9,11,16,24H,5-8,10H2. The van der Waals surface area contributed by atoms with Crippen molar-refractivity contribution in [1.29, 1.82) is 0 Å². The molecule has 1 aromatic heterocycles. The summed E-state index contributed by atoms with van der Waals surface area (Å²) in [6.07, 6.45) is -0.0136. The molecule has 0 radical (unpaired) electrons. The van der Waals surface area contributed by atoms with Gasteiger partial charge in [0.2, 0.25) is 0 Å². The lowest BCUT2D eigenvalue weighted by molar-refractivity contribution is 0.133. The van der Waals surface area contributed by atoms with Gasteiger partial charge in [-0.3, -0.25) is 4.98 Å². The Morgan fingerprint density at radius 2 is 1.67 bits per heavy atom. The zero-order chi connectivity index (χ0) is 17.1. The summed E-state index contributed by atoms with van der Waals surface area (Å²) < 4.78 is 27.5. The van der Waals surface area contributed by atoms with Crippen molar-refractivity contribution in [2.45, 2.75) is 6.10 Å². The Balaban J connectivity index is 1.66. The fourth-order valence-electron chi connectivity index (χ4n) is 2.80. The second-order valence-corrected chi connectivity index (χ2v) is 6.60. The lowest BCUT2D eigenvalue weighted by atomic mass is 10.2. The SMILES string of the molecule is OC(CF)c1ncc(N2CCN(c3ccc(Br)cc3)CC2)cc1F. The molecule has 24 heavy (non-hydrogen) atoms. The summed E-state index contributed by atoms with van der Waals surface area (Å²) in [5.74, 6) is -0.673. The summed E-state index contributed by atoms with van der Waals surface area (Å²) in [4.78, 5) is 8.20. The fraction of sp³-hybridized carbons (Fsp3) is 0.353. The summed E-state index contributed by atoms with van der Waals surface area (Å²) in [6.45, 7) is 2.07. The normalized spacial score (nSPS) is 16.3. The van der Waals surface area contributed by atoms with Crippen LogP contribution in [0.4, 0.5) is 20.2 Å². The Morgan fingerprint density at radius 3 is 2.21 bits per heavy atom. The molecule has 0 bridgehead atoms. The molecule has 7 heteroatoms. The number of hydrogen-bond donors (Lipinski definition) is 1. The number of anilines is 2. The van der Waals surface area contributed by atoms with Gasteiger partial charge in [0.1, 0.15) is 24.3 Å². The summed E-state index contributed by atoms with van der Waals surface area (Å²) in [5.41, 5.74) is 1.57. The van der Waals surface area contributed by atoms with E-state index < -0.39 is 18.6 Å². The quantitative estimate of drug-likeness (QED) is 0.858. The summed E-state index contributed by atoms with van der Waals surface area (Å²) in [7, 11) is 0. The first kappa shape index (κ1) is 17.1. The molecule has 0 spiro atoms. The van der Waals surface area contributed by atoms with Gasteiger partial charge in [0.15, 0.2) is 0 Å². The molecule has 1 fully saturated rings. The number of hydrogen-bond acceptors (Lipinski definition) is 4. The summed E-state index contributed by atoms with van der Waals surface area (Å²) >= 11 is 3.43. The molecule has 0 amide bonds. The molecule has 1 atom stereocenters. The number of piperazine rings is 1. The van der Waals surface area contributed by atoms with Crippen molar-refractivity contribution >= 4 is 27.3 Å². The largest absolute Gasteiger partial charge is 0.384 e. The first-order valence-corrected chi connectivity index (χ1v) is 8.52. The minimum atomic E-state index is -1.51. The van der Waals surface area contributed by atoms with Crippen molar-refractivity contribution in [2.24, 2.45) is 0 Å². The van der Waals surface area contributed by atoms with E-state index in [1.807, 2.05) is 17.0 Å². The van der Waals surface area contributed by atoms with Crippen LogP contribution in [0.3, 0.4) is 0 Å². The fourth-order valence-corrected chi connectivity index (χ4v) is 3.07. The Labute approximate surface area is 147 Å². The van der Waals surface area contributed by atoms with Crippen LogP contribution in [0.5, 0.6) is 0 Å². The van der Waals surface area contributed by atoms with Crippen LogP contribution in [-0.2, 0) is 0 Å². The van der Waals surface area contributed by atoms with Gasteiger partial charge in [0.25, 0.3) is 0 Å². The van der Waals surface area contributed by atoms with E-state index in [4.69, 9.17) is 0 Å². The van der Waals surface area contributed by atoms with Crippen molar-refractivity contribution in [3.8, 4) is 0 Å².